The fraction of sp³-hybridized carbons (Fsp3) is 0.200. The molecule has 28 heavy (non-hydrogen) atoms. The van der Waals surface area contributed by atoms with E-state index < -0.39 is 5.91 Å². The van der Waals surface area contributed by atoms with Crippen molar-refractivity contribution in [1.29, 1.82) is 5.26 Å². The first-order valence-corrected chi connectivity index (χ1v) is 9.45. The molecule has 0 unspecified atom stereocenters. The molecule has 0 aliphatic carbocycles. The zero-order valence-electron chi connectivity index (χ0n) is 15.8. The summed E-state index contributed by atoms with van der Waals surface area (Å²) in [4.78, 5) is 12.5. The van der Waals surface area contributed by atoms with E-state index in [1.165, 1.54) is 11.3 Å². The van der Waals surface area contributed by atoms with Crippen molar-refractivity contribution in [3.8, 4) is 17.5 Å². The molecular weight excluding hydrogens is 374 g/mol. The Morgan fingerprint density at radius 3 is 2.89 bits per heavy atom. The minimum absolute atomic E-state index is 0.0279. The van der Waals surface area contributed by atoms with E-state index in [1.54, 1.807) is 13.2 Å². The number of carbonyl (C=O) groups is 1. The van der Waals surface area contributed by atoms with Crippen molar-refractivity contribution in [3.05, 3.63) is 58.4 Å². The second-order valence-electron chi connectivity index (χ2n) is 5.96. The average Bonchev–Trinajstić information content (AvgIpc) is 3.34. The summed E-state index contributed by atoms with van der Waals surface area (Å²) in [5.41, 5.74) is 2.55. The van der Waals surface area contributed by atoms with Gasteiger partial charge in [-0.2, -0.15) is 5.26 Å². The third-order valence-electron chi connectivity index (χ3n) is 4.02. The van der Waals surface area contributed by atoms with Gasteiger partial charge >= 0.3 is 0 Å². The number of aromatic nitrogens is 3. The predicted octanol–water partition coefficient (Wildman–Crippen LogP) is 3.75. The number of aryl methyl sites for hydroxylation is 2. The SMILES string of the molecule is CCc1nnc(NC(=O)/C(C#N)=C\c2cccn2-c2cc(C)ccc2OC)s1. The highest BCUT2D eigenvalue weighted by Crippen LogP contribution is 2.26. The van der Waals surface area contributed by atoms with Gasteiger partial charge in [-0.1, -0.05) is 24.3 Å². The summed E-state index contributed by atoms with van der Waals surface area (Å²) in [6.07, 6.45) is 4.13. The number of anilines is 1. The second kappa shape index (κ2) is 8.50. The molecule has 0 spiro atoms. The van der Waals surface area contributed by atoms with E-state index in [1.807, 2.05) is 61.0 Å². The summed E-state index contributed by atoms with van der Waals surface area (Å²) in [6, 6.07) is 11.5. The smallest absolute Gasteiger partial charge is 0.268 e. The molecule has 1 N–H and O–H groups in total. The number of ether oxygens (including phenoxy) is 1. The maximum atomic E-state index is 12.5. The van der Waals surface area contributed by atoms with Crippen molar-refractivity contribution in [3.63, 3.8) is 0 Å². The van der Waals surface area contributed by atoms with Crippen LogP contribution in [0.1, 0.15) is 23.2 Å². The van der Waals surface area contributed by atoms with Crippen LogP contribution >= 0.6 is 11.3 Å². The highest BCUT2D eigenvalue weighted by molar-refractivity contribution is 7.15. The zero-order valence-corrected chi connectivity index (χ0v) is 16.6. The van der Waals surface area contributed by atoms with Crippen molar-refractivity contribution in [2.45, 2.75) is 20.3 Å². The van der Waals surface area contributed by atoms with Gasteiger partial charge in [-0.3, -0.25) is 10.1 Å². The minimum Gasteiger partial charge on any atom is -0.495 e. The van der Waals surface area contributed by atoms with Crippen LogP contribution in [0.2, 0.25) is 0 Å². The molecule has 0 saturated heterocycles. The van der Waals surface area contributed by atoms with E-state index >= 15 is 0 Å². The van der Waals surface area contributed by atoms with Gasteiger partial charge in [0.25, 0.3) is 5.91 Å². The average molecular weight is 393 g/mol. The quantitative estimate of drug-likeness (QED) is 0.508. The second-order valence-corrected chi connectivity index (χ2v) is 7.02. The lowest BCUT2D eigenvalue weighted by molar-refractivity contribution is -0.112. The highest BCUT2D eigenvalue weighted by atomic mass is 32.1. The van der Waals surface area contributed by atoms with Gasteiger partial charge in [0.15, 0.2) is 0 Å². The maximum absolute atomic E-state index is 12.5. The predicted molar refractivity (Wildman–Crippen MR) is 109 cm³/mol. The van der Waals surface area contributed by atoms with Crippen molar-refractivity contribution < 1.29 is 9.53 Å². The number of amides is 1. The molecule has 8 heteroatoms. The van der Waals surface area contributed by atoms with Gasteiger partial charge < -0.3 is 9.30 Å². The summed E-state index contributed by atoms with van der Waals surface area (Å²) in [5, 5.41) is 21.2. The van der Waals surface area contributed by atoms with Crippen LogP contribution in [-0.2, 0) is 11.2 Å². The first kappa shape index (κ1) is 19.3. The third kappa shape index (κ3) is 4.10. The molecule has 7 nitrogen and oxygen atoms in total. The molecular formula is C20H19N5O2S. The Labute approximate surface area is 166 Å². The van der Waals surface area contributed by atoms with Gasteiger partial charge in [-0.05, 0) is 49.2 Å². The molecule has 0 aliphatic rings. The normalized spacial score (nSPS) is 11.1. The molecule has 3 aromatic rings. The molecule has 0 saturated carbocycles. The number of benzene rings is 1. The van der Waals surface area contributed by atoms with Gasteiger partial charge in [0.1, 0.15) is 22.4 Å². The zero-order chi connectivity index (χ0) is 20.1. The Hall–Kier alpha value is -3.44. The number of methoxy groups -OCH3 is 1. The fourth-order valence-electron chi connectivity index (χ4n) is 2.63. The summed E-state index contributed by atoms with van der Waals surface area (Å²) in [6.45, 7) is 3.95. The molecule has 0 bridgehead atoms. The van der Waals surface area contributed by atoms with Gasteiger partial charge in [0.05, 0.1) is 12.8 Å². The van der Waals surface area contributed by atoms with Crippen molar-refractivity contribution in [2.75, 3.05) is 12.4 Å². The van der Waals surface area contributed by atoms with Gasteiger partial charge in [0, 0.05) is 11.9 Å². The number of nitriles is 1. The standard InChI is InChI=1S/C20H19N5O2S/c1-4-18-23-24-20(28-18)22-19(26)14(12-21)11-15-6-5-9-25(15)16-10-13(2)7-8-17(16)27-3/h5-11H,4H2,1-3H3,(H,22,24,26)/b14-11-. The molecule has 142 valence electrons. The number of rotatable bonds is 6. The summed E-state index contributed by atoms with van der Waals surface area (Å²) < 4.78 is 7.32. The number of nitrogens with one attached hydrogen (secondary N) is 1. The van der Waals surface area contributed by atoms with Gasteiger partial charge in [0.2, 0.25) is 5.13 Å². The molecule has 2 heterocycles. The molecule has 0 aliphatic heterocycles. The molecule has 2 aromatic heterocycles. The van der Waals surface area contributed by atoms with E-state index in [9.17, 15) is 10.1 Å². The van der Waals surface area contributed by atoms with Crippen LogP contribution in [0.25, 0.3) is 11.8 Å². The number of carbonyl (C=O) groups excluding carboxylic acids is 1. The van der Waals surface area contributed by atoms with Gasteiger partial charge in [-0.15, -0.1) is 10.2 Å². The van der Waals surface area contributed by atoms with Crippen LogP contribution in [0, 0.1) is 18.3 Å². The van der Waals surface area contributed by atoms with E-state index in [-0.39, 0.29) is 5.57 Å². The molecule has 0 atom stereocenters. The lowest BCUT2D eigenvalue weighted by atomic mass is 10.2. The van der Waals surface area contributed by atoms with Crippen molar-refractivity contribution in [1.82, 2.24) is 14.8 Å². The first-order valence-electron chi connectivity index (χ1n) is 8.63. The third-order valence-corrected chi connectivity index (χ3v) is 5.00. The minimum atomic E-state index is -0.523. The Kier molecular flexibility index (Phi) is 5.87. The van der Waals surface area contributed by atoms with Crippen LogP contribution < -0.4 is 10.1 Å². The van der Waals surface area contributed by atoms with Crippen molar-refractivity contribution >= 4 is 28.5 Å². The fourth-order valence-corrected chi connectivity index (χ4v) is 3.30. The number of hydrogen-bond donors (Lipinski definition) is 1. The Bertz CT molecular complexity index is 1070. The highest BCUT2D eigenvalue weighted by Gasteiger charge is 2.15. The molecule has 0 fully saturated rings. The van der Waals surface area contributed by atoms with E-state index in [0.717, 1.165) is 22.7 Å². The lowest BCUT2D eigenvalue weighted by Gasteiger charge is -2.13. The number of hydrogen-bond acceptors (Lipinski definition) is 6. The van der Waals surface area contributed by atoms with E-state index in [4.69, 9.17) is 4.74 Å². The molecule has 1 amide bonds. The van der Waals surface area contributed by atoms with Crippen LogP contribution in [0.5, 0.6) is 5.75 Å². The van der Waals surface area contributed by atoms with E-state index in [0.29, 0.717) is 16.6 Å². The van der Waals surface area contributed by atoms with Gasteiger partial charge in [-0.25, -0.2) is 0 Å². The Balaban J connectivity index is 1.92. The Morgan fingerprint density at radius 1 is 1.39 bits per heavy atom. The van der Waals surface area contributed by atoms with Crippen LogP contribution in [0.4, 0.5) is 5.13 Å². The maximum Gasteiger partial charge on any atom is 0.268 e. The van der Waals surface area contributed by atoms with Crippen LogP contribution in [0.3, 0.4) is 0 Å². The summed E-state index contributed by atoms with van der Waals surface area (Å²) in [5.74, 6) is 0.172. The monoisotopic (exact) mass is 393 g/mol. The van der Waals surface area contributed by atoms with Crippen LogP contribution in [0.15, 0.2) is 42.1 Å². The van der Waals surface area contributed by atoms with Crippen molar-refractivity contribution in [2.24, 2.45) is 0 Å². The Morgan fingerprint density at radius 2 is 2.21 bits per heavy atom. The van der Waals surface area contributed by atoms with Crippen LogP contribution in [-0.4, -0.2) is 27.8 Å². The molecule has 0 radical (unpaired) electrons. The lowest BCUT2D eigenvalue weighted by Crippen LogP contribution is -2.13. The molecule has 3 rings (SSSR count). The largest absolute Gasteiger partial charge is 0.495 e. The van der Waals surface area contributed by atoms with E-state index in [2.05, 4.69) is 15.5 Å². The molecule has 1 aromatic carbocycles. The topological polar surface area (TPSA) is 92.8 Å². The summed E-state index contributed by atoms with van der Waals surface area (Å²) in [7, 11) is 1.61. The summed E-state index contributed by atoms with van der Waals surface area (Å²) >= 11 is 1.29. The first-order chi connectivity index (χ1) is 13.5. The number of nitrogens with zero attached hydrogens (tertiary/aromatic N) is 4.